The van der Waals surface area contributed by atoms with Crippen LogP contribution in [0.5, 0.6) is 17.2 Å². The lowest BCUT2D eigenvalue weighted by molar-refractivity contribution is 0.173. The van der Waals surface area contributed by atoms with Gasteiger partial charge in [-0.3, -0.25) is 4.98 Å². The van der Waals surface area contributed by atoms with Crippen molar-refractivity contribution in [2.75, 3.05) is 32.8 Å². The molecule has 0 amide bonds. The van der Waals surface area contributed by atoms with Crippen molar-refractivity contribution >= 4 is 23.2 Å². The van der Waals surface area contributed by atoms with Gasteiger partial charge in [-0.1, -0.05) is 53.5 Å². The molecule has 1 saturated heterocycles. The summed E-state index contributed by atoms with van der Waals surface area (Å²) in [6, 6.07) is 19.4. The molecule has 2 fully saturated rings. The third-order valence-corrected chi connectivity index (χ3v) is 10.1. The van der Waals surface area contributed by atoms with Gasteiger partial charge in [-0.15, -0.1) is 0 Å². The molecule has 9 nitrogen and oxygen atoms in total. The summed E-state index contributed by atoms with van der Waals surface area (Å²) < 4.78 is 18.7. The Morgan fingerprint density at radius 3 is 2.54 bits per heavy atom. The first-order valence-electron chi connectivity index (χ1n) is 17.0. The molecule has 1 aliphatic heterocycles. The van der Waals surface area contributed by atoms with Gasteiger partial charge in [-0.2, -0.15) is 5.26 Å². The fourth-order valence-corrected chi connectivity index (χ4v) is 6.70. The van der Waals surface area contributed by atoms with Crippen LogP contribution < -0.4 is 19.5 Å². The molecule has 6 rings (SSSR count). The van der Waals surface area contributed by atoms with E-state index >= 15 is 0 Å². The number of hydrogen-bond donors (Lipinski definition) is 3. The maximum absolute atomic E-state index is 9.82. The minimum absolute atomic E-state index is 0.0665. The number of aliphatic hydroxyl groups is 2. The van der Waals surface area contributed by atoms with Gasteiger partial charge >= 0.3 is 0 Å². The van der Waals surface area contributed by atoms with E-state index < -0.39 is 0 Å². The quantitative estimate of drug-likeness (QED) is 0.107. The van der Waals surface area contributed by atoms with Crippen LogP contribution in [0.15, 0.2) is 67.0 Å². The highest BCUT2D eigenvalue weighted by Crippen LogP contribution is 2.40. The first-order chi connectivity index (χ1) is 24.3. The van der Waals surface area contributed by atoms with Gasteiger partial charge in [0.2, 0.25) is 0 Å². The molecule has 1 aliphatic carbocycles. The number of hydrogen-bond acceptors (Lipinski definition) is 9. The number of aliphatic hydroxyl groups excluding tert-OH is 2. The van der Waals surface area contributed by atoms with Crippen LogP contribution in [-0.2, 0) is 19.8 Å². The Balaban J connectivity index is 1.15. The van der Waals surface area contributed by atoms with Crippen LogP contribution >= 0.6 is 23.2 Å². The van der Waals surface area contributed by atoms with Crippen LogP contribution in [0.25, 0.3) is 11.1 Å². The summed E-state index contributed by atoms with van der Waals surface area (Å²) in [5.74, 6) is 1.70. The van der Waals surface area contributed by atoms with Crippen LogP contribution in [0.2, 0.25) is 10.0 Å². The molecule has 11 heteroatoms. The van der Waals surface area contributed by atoms with E-state index in [2.05, 4.69) is 21.3 Å². The van der Waals surface area contributed by atoms with Crippen molar-refractivity contribution in [2.24, 2.45) is 0 Å². The van der Waals surface area contributed by atoms with Crippen molar-refractivity contribution in [3.05, 3.63) is 105 Å². The van der Waals surface area contributed by atoms with Crippen molar-refractivity contribution in [1.82, 2.24) is 15.2 Å². The fourth-order valence-electron chi connectivity index (χ4n) is 6.18. The summed E-state index contributed by atoms with van der Waals surface area (Å²) in [5.41, 5.74) is 5.64. The molecule has 3 aromatic carbocycles. The number of pyridine rings is 1. The van der Waals surface area contributed by atoms with Crippen LogP contribution in [0, 0.1) is 18.3 Å². The van der Waals surface area contributed by atoms with Gasteiger partial charge in [0.15, 0.2) is 0 Å². The maximum atomic E-state index is 9.82. The van der Waals surface area contributed by atoms with Gasteiger partial charge in [0.25, 0.3) is 0 Å². The monoisotopic (exact) mass is 716 g/mol. The topological polar surface area (TPSA) is 120 Å². The Kier molecular flexibility index (Phi) is 11.8. The zero-order chi connectivity index (χ0) is 35.1. The molecule has 1 aromatic heterocycles. The Bertz CT molecular complexity index is 1840. The number of likely N-dealkylation sites (tertiary alicyclic amines) is 1. The van der Waals surface area contributed by atoms with Crippen LogP contribution in [-0.4, -0.2) is 64.6 Å². The summed E-state index contributed by atoms with van der Waals surface area (Å²) in [5, 5.41) is 33.3. The van der Waals surface area contributed by atoms with E-state index in [1.165, 1.54) is 6.20 Å². The Morgan fingerprint density at radius 2 is 1.78 bits per heavy atom. The second kappa shape index (κ2) is 16.4. The summed E-state index contributed by atoms with van der Waals surface area (Å²) in [6.07, 6.45) is 6.46. The van der Waals surface area contributed by atoms with E-state index in [1.54, 1.807) is 18.3 Å². The maximum Gasteiger partial charge on any atom is 0.142 e. The first kappa shape index (κ1) is 35.9. The highest BCUT2D eigenvalue weighted by atomic mass is 35.5. The van der Waals surface area contributed by atoms with Crippen molar-refractivity contribution < 1.29 is 24.4 Å². The Morgan fingerprint density at radius 1 is 0.980 bits per heavy atom. The highest BCUT2D eigenvalue weighted by molar-refractivity contribution is 6.35. The molecular weight excluding hydrogens is 675 g/mol. The molecule has 1 saturated carbocycles. The molecular formula is C39H42Cl2N4O5. The predicted octanol–water partition coefficient (Wildman–Crippen LogP) is 6.84. The number of ether oxygens (including phenoxy) is 3. The number of rotatable bonds is 16. The minimum atomic E-state index is -0.264. The second-order valence-corrected chi connectivity index (χ2v) is 13.9. The lowest BCUT2D eigenvalue weighted by Gasteiger charge is -2.19. The van der Waals surface area contributed by atoms with Crippen LogP contribution in [0.4, 0.5) is 0 Å². The number of β-amino-alcohol motifs (C(OH)–C–C–N with tert-alkyl or cyclic N) is 1. The second-order valence-electron chi connectivity index (χ2n) is 13.1. The number of nitrogens with zero attached hydrogens (tertiary/aromatic N) is 3. The zero-order valence-corrected chi connectivity index (χ0v) is 29.6. The van der Waals surface area contributed by atoms with Crippen molar-refractivity contribution in [2.45, 2.75) is 64.0 Å². The molecule has 0 bridgehead atoms. The first-order valence-corrected chi connectivity index (χ1v) is 17.7. The minimum Gasteiger partial charge on any atom is -0.492 e. The molecule has 50 heavy (non-hydrogen) atoms. The number of nitriles is 1. The SMILES string of the molecule is Cc1c(COc2cc(OCc3cncc(C#N)c3)c(CNC3(CO)CC3)cc2Cl)cccc1-c1cccc(OCCCN2CC[C@@H](O)C2)c1Cl. The molecule has 0 radical (unpaired) electrons. The Labute approximate surface area is 303 Å². The molecule has 3 N–H and O–H groups in total. The number of nitrogens with one attached hydrogen (secondary N) is 1. The van der Waals surface area contributed by atoms with Crippen molar-refractivity contribution in [3.63, 3.8) is 0 Å². The average Bonchev–Trinajstić information content (AvgIpc) is 3.80. The molecule has 1 atom stereocenters. The molecule has 2 aliphatic rings. The van der Waals surface area contributed by atoms with Gasteiger partial charge in [-0.05, 0) is 67.5 Å². The van der Waals surface area contributed by atoms with E-state index in [0.29, 0.717) is 46.0 Å². The van der Waals surface area contributed by atoms with Gasteiger partial charge in [0, 0.05) is 66.9 Å². The highest BCUT2D eigenvalue weighted by Gasteiger charge is 2.41. The smallest absolute Gasteiger partial charge is 0.142 e. The molecule has 0 spiro atoms. The summed E-state index contributed by atoms with van der Waals surface area (Å²) in [7, 11) is 0. The van der Waals surface area contributed by atoms with E-state index in [-0.39, 0.29) is 31.5 Å². The van der Waals surface area contributed by atoms with Gasteiger partial charge in [0.05, 0.1) is 34.9 Å². The van der Waals surface area contributed by atoms with Crippen molar-refractivity contribution in [3.8, 4) is 34.4 Å². The molecule has 0 unspecified atom stereocenters. The summed E-state index contributed by atoms with van der Waals surface area (Å²) in [6.45, 7) is 6.10. The predicted molar refractivity (Wildman–Crippen MR) is 194 cm³/mol. The van der Waals surface area contributed by atoms with Gasteiger partial charge in [0.1, 0.15) is 36.5 Å². The summed E-state index contributed by atoms with van der Waals surface area (Å²) >= 11 is 13.7. The van der Waals surface area contributed by atoms with Crippen LogP contribution in [0.3, 0.4) is 0 Å². The zero-order valence-electron chi connectivity index (χ0n) is 28.1. The number of aromatic nitrogens is 1. The average molecular weight is 718 g/mol. The molecule has 4 aromatic rings. The van der Waals surface area contributed by atoms with E-state index in [0.717, 1.165) is 78.7 Å². The number of benzene rings is 3. The van der Waals surface area contributed by atoms with E-state index in [4.69, 9.17) is 37.4 Å². The largest absolute Gasteiger partial charge is 0.492 e. The third-order valence-electron chi connectivity index (χ3n) is 9.45. The van der Waals surface area contributed by atoms with E-state index in [9.17, 15) is 15.5 Å². The summed E-state index contributed by atoms with van der Waals surface area (Å²) in [4.78, 5) is 6.40. The lowest BCUT2D eigenvalue weighted by Crippen LogP contribution is -2.34. The van der Waals surface area contributed by atoms with Crippen molar-refractivity contribution in [1.29, 1.82) is 5.26 Å². The third kappa shape index (κ3) is 8.88. The van der Waals surface area contributed by atoms with Gasteiger partial charge in [-0.25, -0.2) is 0 Å². The number of halogens is 2. The van der Waals surface area contributed by atoms with E-state index in [1.807, 2.05) is 49.4 Å². The standard InChI is InChI=1S/C39H42Cl2N4O5/c1-26-29(5-2-6-32(26)33-7-3-8-35(38(33)41)48-14-4-12-45-13-9-31(47)22-45)24-50-37-17-36(49-23-28-15-27(18-42)19-43-20-28)30(16-34(37)40)21-44-39(25-46)10-11-39/h2-3,5-8,15-17,19-20,31,44,46-47H,4,9-14,21-25H2,1H3/t31-/m1/s1. The molecule has 2 heterocycles. The Hall–Kier alpha value is -3.88. The van der Waals surface area contributed by atoms with Crippen LogP contribution in [0.1, 0.15) is 53.5 Å². The van der Waals surface area contributed by atoms with Gasteiger partial charge < -0.3 is 34.6 Å². The normalized spacial score (nSPS) is 16.6. The lowest BCUT2D eigenvalue weighted by atomic mass is 9.96. The molecule has 262 valence electrons. The fraction of sp³-hybridized carbons (Fsp3) is 0.385.